The van der Waals surface area contributed by atoms with E-state index in [0.29, 0.717) is 13.0 Å². The van der Waals surface area contributed by atoms with Crippen LogP contribution in [-0.2, 0) is 11.3 Å². The normalized spacial score (nSPS) is 16.4. The number of hydrogen-bond donors (Lipinski definition) is 1. The Hall–Kier alpha value is -3.02. The van der Waals surface area contributed by atoms with Crippen molar-refractivity contribution in [3.8, 4) is 5.75 Å². The van der Waals surface area contributed by atoms with E-state index >= 15 is 0 Å². The zero-order chi connectivity index (χ0) is 18.1. The van der Waals surface area contributed by atoms with Crippen LogP contribution < -0.4 is 10.1 Å². The summed E-state index contributed by atoms with van der Waals surface area (Å²) in [5, 5.41) is 7.41. The lowest BCUT2D eigenvalue weighted by atomic mass is 9.87. The maximum atomic E-state index is 12.3. The van der Waals surface area contributed by atoms with Gasteiger partial charge in [0.1, 0.15) is 23.9 Å². The number of fused-ring (bicyclic) bond motifs is 1. The summed E-state index contributed by atoms with van der Waals surface area (Å²) in [4.78, 5) is 12.3. The first-order chi connectivity index (χ1) is 12.6. The molecule has 0 aliphatic carbocycles. The monoisotopic (exact) mass is 351 g/mol. The van der Waals surface area contributed by atoms with Crippen molar-refractivity contribution in [1.82, 2.24) is 9.78 Å². The summed E-state index contributed by atoms with van der Waals surface area (Å²) >= 11 is 0. The number of ether oxygens (including phenoxy) is 1. The van der Waals surface area contributed by atoms with Crippen LogP contribution in [0, 0.1) is 0 Å². The summed E-state index contributed by atoms with van der Waals surface area (Å²) in [6.45, 7) is 4.48. The Morgan fingerprint density at radius 2 is 2.12 bits per heavy atom. The molecule has 26 heavy (non-hydrogen) atoms. The zero-order valence-corrected chi connectivity index (χ0v) is 14.8. The first-order valence-electron chi connectivity index (χ1n) is 8.74. The van der Waals surface area contributed by atoms with Crippen LogP contribution in [0.25, 0.3) is 0 Å². The maximum Gasteiger partial charge on any atom is 0.226 e. The van der Waals surface area contributed by atoms with Gasteiger partial charge in [0.2, 0.25) is 5.91 Å². The number of amides is 1. The third-order valence-electron chi connectivity index (χ3n) is 4.43. The van der Waals surface area contributed by atoms with E-state index in [1.54, 1.807) is 10.9 Å². The smallest absolute Gasteiger partial charge is 0.226 e. The lowest BCUT2D eigenvalue weighted by Crippen LogP contribution is -2.25. The van der Waals surface area contributed by atoms with Crippen LogP contribution in [0.5, 0.6) is 5.75 Å². The molecule has 0 fully saturated rings. The SMILES string of the molecule is CC(C)Oc1ccc(C2CC(=O)Nc3c2cnn3Cc2ccco2)cc1. The summed E-state index contributed by atoms with van der Waals surface area (Å²) in [7, 11) is 0. The Morgan fingerprint density at radius 1 is 1.31 bits per heavy atom. The molecule has 1 aliphatic heterocycles. The molecule has 1 aromatic carbocycles. The number of nitrogens with one attached hydrogen (secondary N) is 1. The van der Waals surface area contributed by atoms with Crippen molar-refractivity contribution in [2.45, 2.75) is 38.8 Å². The molecule has 1 atom stereocenters. The molecule has 0 radical (unpaired) electrons. The Kier molecular flexibility index (Phi) is 4.24. The fourth-order valence-corrected chi connectivity index (χ4v) is 3.29. The lowest BCUT2D eigenvalue weighted by Gasteiger charge is -2.24. The van der Waals surface area contributed by atoms with E-state index in [-0.39, 0.29) is 17.9 Å². The van der Waals surface area contributed by atoms with Gasteiger partial charge < -0.3 is 14.5 Å². The molecule has 1 N–H and O–H groups in total. The van der Waals surface area contributed by atoms with Crippen LogP contribution >= 0.6 is 0 Å². The Bertz CT molecular complexity index is 895. The van der Waals surface area contributed by atoms with Crippen LogP contribution in [0.3, 0.4) is 0 Å². The minimum atomic E-state index is -0.0165. The third-order valence-corrected chi connectivity index (χ3v) is 4.43. The number of hydrogen-bond acceptors (Lipinski definition) is 4. The second-order valence-corrected chi connectivity index (χ2v) is 6.73. The van der Waals surface area contributed by atoms with Gasteiger partial charge in [-0.2, -0.15) is 5.10 Å². The fraction of sp³-hybridized carbons (Fsp3) is 0.300. The van der Waals surface area contributed by atoms with Gasteiger partial charge in [-0.15, -0.1) is 0 Å². The molecular weight excluding hydrogens is 330 g/mol. The van der Waals surface area contributed by atoms with Crippen LogP contribution in [0.4, 0.5) is 5.82 Å². The minimum absolute atomic E-state index is 0.00815. The largest absolute Gasteiger partial charge is 0.491 e. The predicted octanol–water partition coefficient (Wildman–Crippen LogP) is 3.79. The Morgan fingerprint density at radius 3 is 2.81 bits per heavy atom. The molecule has 6 heteroatoms. The number of carbonyl (C=O) groups is 1. The van der Waals surface area contributed by atoms with Gasteiger partial charge in [-0.25, -0.2) is 4.68 Å². The van der Waals surface area contributed by atoms with Crippen molar-refractivity contribution in [1.29, 1.82) is 0 Å². The van der Waals surface area contributed by atoms with Crippen LogP contribution in [0.2, 0.25) is 0 Å². The molecule has 0 saturated carbocycles. The summed E-state index contributed by atoms with van der Waals surface area (Å²) in [6, 6.07) is 11.7. The number of aromatic nitrogens is 2. The second kappa shape index (κ2) is 6.71. The van der Waals surface area contributed by atoms with E-state index in [4.69, 9.17) is 9.15 Å². The molecule has 1 unspecified atom stereocenters. The highest BCUT2D eigenvalue weighted by atomic mass is 16.5. The molecule has 3 heterocycles. The molecule has 3 aromatic rings. The van der Waals surface area contributed by atoms with Crippen molar-refractivity contribution < 1.29 is 13.9 Å². The van der Waals surface area contributed by atoms with Crippen LogP contribution in [0.1, 0.15) is 43.1 Å². The molecular formula is C20H21N3O3. The molecule has 1 aliphatic rings. The molecule has 0 spiro atoms. The van der Waals surface area contributed by atoms with Gasteiger partial charge in [0, 0.05) is 17.9 Å². The zero-order valence-electron chi connectivity index (χ0n) is 14.8. The standard InChI is InChI=1S/C20H21N3O3/c1-13(2)26-15-7-5-14(6-8-15)17-10-19(24)22-20-18(17)11-21-23(20)12-16-4-3-9-25-16/h3-9,11,13,17H,10,12H2,1-2H3,(H,22,24). The summed E-state index contributed by atoms with van der Waals surface area (Å²) in [6.07, 6.45) is 4.01. The van der Waals surface area contributed by atoms with Crippen molar-refractivity contribution in [2.75, 3.05) is 5.32 Å². The number of rotatable bonds is 5. The van der Waals surface area contributed by atoms with E-state index in [2.05, 4.69) is 10.4 Å². The lowest BCUT2D eigenvalue weighted by molar-refractivity contribution is -0.116. The van der Waals surface area contributed by atoms with E-state index in [9.17, 15) is 4.79 Å². The molecule has 6 nitrogen and oxygen atoms in total. The summed E-state index contributed by atoms with van der Waals surface area (Å²) in [5.74, 6) is 2.34. The average Bonchev–Trinajstić information content (AvgIpc) is 3.25. The first kappa shape index (κ1) is 16.4. The van der Waals surface area contributed by atoms with Gasteiger partial charge in [-0.1, -0.05) is 12.1 Å². The average molecular weight is 351 g/mol. The van der Waals surface area contributed by atoms with Crippen LogP contribution in [0.15, 0.2) is 53.3 Å². The number of furan rings is 1. The number of benzene rings is 1. The van der Waals surface area contributed by atoms with Crippen molar-refractivity contribution in [2.24, 2.45) is 0 Å². The highest BCUT2D eigenvalue weighted by Crippen LogP contribution is 2.37. The van der Waals surface area contributed by atoms with E-state index in [0.717, 1.165) is 28.5 Å². The highest BCUT2D eigenvalue weighted by Gasteiger charge is 2.30. The molecule has 1 amide bonds. The van der Waals surface area contributed by atoms with Gasteiger partial charge >= 0.3 is 0 Å². The molecule has 0 saturated heterocycles. The summed E-state index contributed by atoms with van der Waals surface area (Å²) < 4.78 is 12.9. The summed E-state index contributed by atoms with van der Waals surface area (Å²) in [5.41, 5.74) is 2.10. The van der Waals surface area contributed by atoms with Crippen LogP contribution in [-0.4, -0.2) is 21.8 Å². The number of nitrogens with zero attached hydrogens (tertiary/aromatic N) is 2. The maximum absolute atomic E-state index is 12.3. The Labute approximate surface area is 151 Å². The van der Waals surface area contributed by atoms with Gasteiger partial charge in [-0.05, 0) is 43.7 Å². The van der Waals surface area contributed by atoms with Crippen molar-refractivity contribution in [3.63, 3.8) is 0 Å². The third kappa shape index (κ3) is 3.22. The Balaban J connectivity index is 1.63. The molecule has 4 rings (SSSR count). The number of carbonyl (C=O) groups excluding carboxylic acids is 1. The minimum Gasteiger partial charge on any atom is -0.491 e. The van der Waals surface area contributed by atoms with Crippen molar-refractivity contribution >= 4 is 11.7 Å². The van der Waals surface area contributed by atoms with E-state index in [1.165, 1.54) is 0 Å². The number of anilines is 1. The molecule has 0 bridgehead atoms. The molecule has 2 aromatic heterocycles. The highest BCUT2D eigenvalue weighted by molar-refractivity contribution is 5.94. The quantitative estimate of drug-likeness (QED) is 0.759. The van der Waals surface area contributed by atoms with Crippen molar-refractivity contribution in [3.05, 3.63) is 65.7 Å². The topological polar surface area (TPSA) is 69.3 Å². The second-order valence-electron chi connectivity index (χ2n) is 6.73. The van der Waals surface area contributed by atoms with Gasteiger partial charge in [-0.3, -0.25) is 4.79 Å². The van der Waals surface area contributed by atoms with Gasteiger partial charge in [0.25, 0.3) is 0 Å². The van der Waals surface area contributed by atoms with E-state index in [1.807, 2.05) is 56.4 Å². The van der Waals surface area contributed by atoms with Gasteiger partial charge in [0.15, 0.2) is 0 Å². The van der Waals surface area contributed by atoms with Gasteiger partial charge in [0.05, 0.1) is 18.6 Å². The predicted molar refractivity (Wildman–Crippen MR) is 97.3 cm³/mol. The molecule has 134 valence electrons. The first-order valence-corrected chi connectivity index (χ1v) is 8.74. The van der Waals surface area contributed by atoms with E-state index < -0.39 is 0 Å². The fourth-order valence-electron chi connectivity index (χ4n) is 3.29.